The second-order valence-electron chi connectivity index (χ2n) is 15.9. The number of aliphatic hydroxyl groups excluding tert-OH is 2. The van der Waals surface area contributed by atoms with Gasteiger partial charge in [0.15, 0.2) is 12.6 Å². The average Bonchev–Trinajstić information content (AvgIpc) is 3.03. The predicted octanol–water partition coefficient (Wildman–Crippen LogP) is 2.23. The number of carbonyl (C=O) groups excluding carboxylic acids is 2. The number of amides is 2. The van der Waals surface area contributed by atoms with Gasteiger partial charge in [0.05, 0.1) is 41.5 Å². The van der Waals surface area contributed by atoms with Crippen LogP contribution in [-0.2, 0) is 33.3 Å². The van der Waals surface area contributed by atoms with Gasteiger partial charge in [0.1, 0.15) is 12.2 Å². The number of ether oxygens (including phenoxy) is 5. The van der Waals surface area contributed by atoms with Gasteiger partial charge >= 0.3 is 0 Å². The van der Waals surface area contributed by atoms with E-state index in [1.54, 1.807) is 51.4 Å². The third kappa shape index (κ3) is 10.8. The van der Waals surface area contributed by atoms with Gasteiger partial charge in [0.2, 0.25) is 11.8 Å². The van der Waals surface area contributed by atoms with Crippen LogP contribution in [0.5, 0.6) is 0 Å². The minimum Gasteiger partial charge on any atom is -0.387 e. The van der Waals surface area contributed by atoms with Crippen molar-refractivity contribution in [3.63, 3.8) is 0 Å². The molecule has 0 aliphatic carbocycles. The first-order valence-corrected chi connectivity index (χ1v) is 19.6. The van der Waals surface area contributed by atoms with Gasteiger partial charge in [-0.15, -0.1) is 0 Å². The molecular formula is C36H67N3O10S. The van der Waals surface area contributed by atoms with Gasteiger partial charge in [-0.1, -0.05) is 20.8 Å². The second-order valence-corrected chi connectivity index (χ2v) is 16.9. The Bertz CT molecular complexity index is 1100. The lowest BCUT2D eigenvalue weighted by Crippen LogP contribution is -2.61. The Hall–Kier alpha value is -1.07. The van der Waals surface area contributed by atoms with E-state index in [2.05, 4.69) is 5.32 Å². The van der Waals surface area contributed by atoms with Crippen molar-refractivity contribution in [1.29, 1.82) is 0 Å². The SMILES string of the molecule is CO[C@]1(C)C[C@H](OC2C(C)C(=O)N[C@H](CCSC)CC(=O)N(C)C[C@H](C)C[C@@](C)(O)[C@H](OC3OC(C)CC(N(C)C)[C@H]3O)[C@H]2C)O[C@@H](C)[C@@H]1O. The van der Waals surface area contributed by atoms with Crippen molar-refractivity contribution in [3.05, 3.63) is 0 Å². The molecule has 50 heavy (non-hydrogen) atoms. The minimum atomic E-state index is -1.51. The smallest absolute Gasteiger partial charge is 0.225 e. The van der Waals surface area contributed by atoms with Crippen molar-refractivity contribution in [2.75, 3.05) is 46.8 Å². The molecular weight excluding hydrogens is 666 g/mol. The van der Waals surface area contributed by atoms with Gasteiger partial charge < -0.3 is 54.1 Å². The Kier molecular flexibility index (Phi) is 15.9. The number of nitrogens with zero attached hydrogens (tertiary/aromatic N) is 2. The second kappa shape index (κ2) is 18.3. The van der Waals surface area contributed by atoms with E-state index in [1.807, 2.05) is 46.0 Å². The Balaban J connectivity index is 2.11. The molecule has 2 amide bonds. The molecule has 14 heteroatoms. The summed E-state index contributed by atoms with van der Waals surface area (Å²) in [5, 5.41) is 37.9. The minimum absolute atomic E-state index is 0.0916. The Morgan fingerprint density at radius 2 is 1.72 bits per heavy atom. The van der Waals surface area contributed by atoms with Crippen LogP contribution in [-0.4, -0.2) is 156 Å². The van der Waals surface area contributed by atoms with Crippen LogP contribution in [0, 0.1) is 17.8 Å². The number of thioether (sulfide) groups is 1. The molecule has 3 heterocycles. The van der Waals surface area contributed by atoms with E-state index in [1.165, 1.54) is 7.11 Å². The van der Waals surface area contributed by atoms with Gasteiger partial charge in [-0.3, -0.25) is 9.59 Å². The third-order valence-electron chi connectivity index (χ3n) is 11.1. The molecule has 3 aliphatic rings. The van der Waals surface area contributed by atoms with E-state index in [9.17, 15) is 24.9 Å². The van der Waals surface area contributed by atoms with Crippen molar-refractivity contribution in [2.45, 2.75) is 153 Å². The summed E-state index contributed by atoms with van der Waals surface area (Å²) < 4.78 is 31.5. The summed E-state index contributed by atoms with van der Waals surface area (Å²) in [7, 11) is 7.08. The lowest BCUT2D eigenvalue weighted by Gasteiger charge is -2.49. The summed E-state index contributed by atoms with van der Waals surface area (Å²) in [5.74, 6) is -1.19. The van der Waals surface area contributed by atoms with Crippen molar-refractivity contribution >= 4 is 23.6 Å². The maximum atomic E-state index is 14.2. The number of likely N-dealkylation sites (N-methyl/N-ethyl adjacent to an activating group) is 1. The number of hydrogen-bond acceptors (Lipinski definition) is 12. The van der Waals surface area contributed by atoms with Crippen LogP contribution in [0.15, 0.2) is 0 Å². The van der Waals surface area contributed by atoms with Gasteiger partial charge in [0, 0.05) is 51.5 Å². The lowest BCUT2D eigenvalue weighted by molar-refractivity contribution is -0.317. The van der Waals surface area contributed by atoms with Crippen LogP contribution in [0.3, 0.4) is 0 Å². The number of rotatable bonds is 9. The molecule has 3 rings (SSSR count). The number of nitrogens with one attached hydrogen (secondary N) is 1. The molecule has 0 spiro atoms. The molecule has 0 radical (unpaired) electrons. The molecule has 0 aromatic rings. The fraction of sp³-hybridized carbons (Fsp3) is 0.944. The number of hydrogen-bond donors (Lipinski definition) is 4. The third-order valence-corrected chi connectivity index (χ3v) is 11.7. The normalized spacial score (nSPS) is 44.6. The zero-order valence-electron chi connectivity index (χ0n) is 32.5. The van der Waals surface area contributed by atoms with Gasteiger partial charge in [-0.25, -0.2) is 0 Å². The molecule has 0 saturated carbocycles. The van der Waals surface area contributed by atoms with E-state index in [0.717, 1.165) is 5.75 Å². The molecule has 0 aromatic heterocycles. The van der Waals surface area contributed by atoms with Crippen LogP contribution in [0.25, 0.3) is 0 Å². The maximum absolute atomic E-state index is 14.2. The molecule has 4 N–H and O–H groups in total. The highest BCUT2D eigenvalue weighted by Gasteiger charge is 2.51. The highest BCUT2D eigenvalue weighted by atomic mass is 32.2. The monoisotopic (exact) mass is 733 g/mol. The molecule has 3 fully saturated rings. The van der Waals surface area contributed by atoms with Crippen molar-refractivity contribution < 1.29 is 48.6 Å². The van der Waals surface area contributed by atoms with Crippen LogP contribution >= 0.6 is 11.8 Å². The molecule has 5 unspecified atom stereocenters. The molecule has 0 bridgehead atoms. The quantitative estimate of drug-likeness (QED) is 0.274. The van der Waals surface area contributed by atoms with E-state index in [4.69, 9.17) is 23.7 Å². The van der Waals surface area contributed by atoms with E-state index < -0.39 is 66.1 Å². The topological polar surface area (TPSA) is 159 Å². The lowest BCUT2D eigenvalue weighted by atomic mass is 9.77. The standard InChI is InChI=1S/C36H67N3O10S/c1-20-17-35(6,44)32(49-34-29(41)26(38(8)9)15-21(2)46-34)22(3)30(48-28-18-36(7,45-11)31(42)24(5)47-28)23(4)33(43)37-25(13-14-50-12)16-27(40)39(10)19-20/h20-26,28-32,34,41-42,44H,13-19H2,1-12H3,(H,37,43)/t20-,21?,22+,23?,24+,25-,26?,28+,29-,30?,31+,32-,34?,35-,36-/m1/s1. The Morgan fingerprint density at radius 3 is 2.32 bits per heavy atom. The van der Waals surface area contributed by atoms with Crippen LogP contribution in [0.2, 0.25) is 0 Å². The molecule has 292 valence electrons. The average molecular weight is 734 g/mol. The van der Waals surface area contributed by atoms with Gasteiger partial charge in [-0.05, 0) is 79.0 Å². The number of aliphatic hydroxyl groups is 3. The summed E-state index contributed by atoms with van der Waals surface area (Å²) in [6.07, 6.45) is -2.75. The zero-order valence-corrected chi connectivity index (χ0v) is 33.3. The summed E-state index contributed by atoms with van der Waals surface area (Å²) in [4.78, 5) is 31.2. The maximum Gasteiger partial charge on any atom is 0.225 e. The summed E-state index contributed by atoms with van der Waals surface area (Å²) >= 11 is 1.65. The van der Waals surface area contributed by atoms with Crippen LogP contribution < -0.4 is 5.32 Å². The zero-order chi connectivity index (χ0) is 37.7. The molecule has 0 aromatic carbocycles. The highest BCUT2D eigenvalue weighted by molar-refractivity contribution is 7.98. The van der Waals surface area contributed by atoms with Gasteiger partial charge in [-0.2, -0.15) is 11.8 Å². The number of methoxy groups -OCH3 is 1. The summed E-state index contributed by atoms with van der Waals surface area (Å²) in [5.41, 5.74) is -2.48. The largest absolute Gasteiger partial charge is 0.387 e. The fourth-order valence-electron chi connectivity index (χ4n) is 8.06. The molecule has 3 saturated heterocycles. The van der Waals surface area contributed by atoms with Crippen LogP contribution in [0.4, 0.5) is 0 Å². The van der Waals surface area contributed by atoms with E-state index in [0.29, 0.717) is 19.4 Å². The first kappa shape index (κ1) is 43.3. The highest BCUT2D eigenvalue weighted by Crippen LogP contribution is 2.39. The van der Waals surface area contributed by atoms with Crippen molar-refractivity contribution in [3.8, 4) is 0 Å². The van der Waals surface area contributed by atoms with Gasteiger partial charge in [0.25, 0.3) is 0 Å². The first-order chi connectivity index (χ1) is 23.2. The molecule has 3 aliphatic heterocycles. The first-order valence-electron chi connectivity index (χ1n) is 18.2. The number of carbonyl (C=O) groups is 2. The summed E-state index contributed by atoms with van der Waals surface area (Å²) in [6, 6.07) is -0.629. The van der Waals surface area contributed by atoms with Crippen LogP contribution in [0.1, 0.15) is 80.6 Å². The Morgan fingerprint density at radius 1 is 1.06 bits per heavy atom. The molecule has 13 nitrogen and oxygen atoms in total. The van der Waals surface area contributed by atoms with E-state index >= 15 is 0 Å². The van der Waals surface area contributed by atoms with E-state index in [-0.39, 0.29) is 55.2 Å². The fourth-order valence-corrected chi connectivity index (χ4v) is 8.58. The summed E-state index contributed by atoms with van der Waals surface area (Å²) in [6.45, 7) is 13.2. The predicted molar refractivity (Wildman–Crippen MR) is 192 cm³/mol. The molecule has 15 atom stereocenters. The Labute approximate surface area is 304 Å². The van der Waals surface area contributed by atoms with Crippen molar-refractivity contribution in [2.24, 2.45) is 17.8 Å². The van der Waals surface area contributed by atoms with Crippen molar-refractivity contribution in [1.82, 2.24) is 15.1 Å².